The molecule has 1 heterocycles. The Balaban J connectivity index is 2.57. The molecule has 2 nitrogen and oxygen atoms in total. The molecule has 0 amide bonds. The first-order chi connectivity index (χ1) is 5.41. The molecule has 1 fully saturated rings. The Morgan fingerprint density at radius 3 is 2.50 bits per heavy atom. The van der Waals surface area contributed by atoms with Crippen molar-refractivity contribution in [2.45, 2.75) is 37.6 Å². The van der Waals surface area contributed by atoms with E-state index in [1.54, 1.807) is 0 Å². The molecule has 1 unspecified atom stereocenters. The van der Waals surface area contributed by atoms with Gasteiger partial charge in [0.1, 0.15) is 5.78 Å². The molecule has 1 atom stereocenters. The van der Waals surface area contributed by atoms with Gasteiger partial charge >= 0.3 is 0 Å². The van der Waals surface area contributed by atoms with Gasteiger partial charge in [-0.05, 0) is 20.8 Å². The number of Topliss-reactive ketones (excluding diaryl/α,β-unsaturated/α-hetero) is 1. The SMILES string of the molecule is CC(C)(C)N1CCC(=O)C(Br)C1. The Morgan fingerprint density at radius 2 is 2.08 bits per heavy atom. The van der Waals surface area contributed by atoms with Crippen molar-refractivity contribution in [1.82, 2.24) is 4.90 Å². The number of ketones is 1. The van der Waals surface area contributed by atoms with Crippen LogP contribution in [0.2, 0.25) is 0 Å². The van der Waals surface area contributed by atoms with E-state index < -0.39 is 0 Å². The van der Waals surface area contributed by atoms with Gasteiger partial charge in [0.05, 0.1) is 4.83 Å². The lowest BCUT2D eigenvalue weighted by Gasteiger charge is -2.39. The van der Waals surface area contributed by atoms with Gasteiger partial charge in [-0.15, -0.1) is 0 Å². The van der Waals surface area contributed by atoms with Gasteiger partial charge in [-0.1, -0.05) is 15.9 Å². The minimum Gasteiger partial charge on any atom is -0.298 e. The Labute approximate surface area is 82.4 Å². The highest BCUT2D eigenvalue weighted by atomic mass is 79.9. The van der Waals surface area contributed by atoms with Crippen LogP contribution in [0.4, 0.5) is 0 Å². The minimum absolute atomic E-state index is 0.0467. The van der Waals surface area contributed by atoms with Crippen molar-refractivity contribution in [1.29, 1.82) is 0 Å². The normalized spacial score (nSPS) is 27.7. The zero-order valence-corrected chi connectivity index (χ0v) is 9.52. The van der Waals surface area contributed by atoms with Crippen molar-refractivity contribution >= 4 is 21.7 Å². The van der Waals surface area contributed by atoms with E-state index in [-0.39, 0.29) is 10.4 Å². The molecule has 70 valence electrons. The van der Waals surface area contributed by atoms with Crippen LogP contribution in [0.15, 0.2) is 0 Å². The number of likely N-dealkylation sites (tertiary alicyclic amines) is 1. The Morgan fingerprint density at radius 1 is 1.50 bits per heavy atom. The van der Waals surface area contributed by atoms with Gasteiger partial charge in [0.2, 0.25) is 0 Å². The number of carbonyl (C=O) groups is 1. The molecule has 0 bridgehead atoms. The molecule has 0 aromatic heterocycles. The van der Waals surface area contributed by atoms with Crippen LogP contribution in [0.1, 0.15) is 27.2 Å². The number of piperidine rings is 1. The van der Waals surface area contributed by atoms with Gasteiger partial charge in [0.15, 0.2) is 0 Å². The second kappa shape index (κ2) is 3.46. The number of alkyl halides is 1. The summed E-state index contributed by atoms with van der Waals surface area (Å²) in [6.45, 7) is 8.31. The second-order valence-corrected chi connectivity index (χ2v) is 5.41. The van der Waals surface area contributed by atoms with Crippen molar-refractivity contribution in [2.24, 2.45) is 0 Å². The number of hydrogen-bond donors (Lipinski definition) is 0. The highest BCUT2D eigenvalue weighted by molar-refractivity contribution is 9.10. The highest BCUT2D eigenvalue weighted by Crippen LogP contribution is 2.21. The Kier molecular flexibility index (Phi) is 2.94. The topological polar surface area (TPSA) is 20.3 Å². The van der Waals surface area contributed by atoms with Gasteiger partial charge in [-0.3, -0.25) is 9.69 Å². The summed E-state index contributed by atoms with van der Waals surface area (Å²) in [5, 5.41) is 0. The molecule has 1 aliphatic rings. The Hall–Kier alpha value is 0.110. The van der Waals surface area contributed by atoms with Gasteiger partial charge in [-0.25, -0.2) is 0 Å². The number of halogens is 1. The molecule has 1 aliphatic heterocycles. The van der Waals surface area contributed by atoms with Crippen LogP contribution in [-0.2, 0) is 4.79 Å². The first kappa shape index (κ1) is 10.2. The molecule has 0 saturated carbocycles. The second-order valence-electron chi connectivity index (χ2n) is 4.30. The van der Waals surface area contributed by atoms with Crippen LogP contribution in [0.3, 0.4) is 0 Å². The average molecular weight is 234 g/mol. The van der Waals surface area contributed by atoms with Gasteiger partial charge in [0.25, 0.3) is 0 Å². The van der Waals surface area contributed by atoms with Crippen molar-refractivity contribution in [2.75, 3.05) is 13.1 Å². The smallest absolute Gasteiger partial charge is 0.149 e. The van der Waals surface area contributed by atoms with Crippen LogP contribution < -0.4 is 0 Å². The zero-order chi connectivity index (χ0) is 9.35. The number of carbonyl (C=O) groups excluding carboxylic acids is 1. The van der Waals surface area contributed by atoms with E-state index in [9.17, 15) is 4.79 Å². The summed E-state index contributed by atoms with van der Waals surface area (Å²) in [6.07, 6.45) is 0.688. The minimum atomic E-state index is 0.0467. The van der Waals surface area contributed by atoms with Crippen molar-refractivity contribution in [3.63, 3.8) is 0 Å². The summed E-state index contributed by atoms with van der Waals surface area (Å²) in [4.78, 5) is 13.6. The highest BCUT2D eigenvalue weighted by Gasteiger charge is 2.30. The first-order valence-corrected chi connectivity index (χ1v) is 5.24. The predicted molar refractivity (Wildman–Crippen MR) is 53.7 cm³/mol. The van der Waals surface area contributed by atoms with Gasteiger partial charge < -0.3 is 0 Å². The molecule has 1 rings (SSSR count). The molecule has 0 aromatic carbocycles. The average Bonchev–Trinajstić information content (AvgIpc) is 1.92. The summed E-state index contributed by atoms with van der Waals surface area (Å²) < 4.78 is 0. The molecule has 3 heteroatoms. The van der Waals surface area contributed by atoms with Crippen molar-refractivity contribution in [3.05, 3.63) is 0 Å². The molecule has 0 aromatic rings. The molecule has 0 N–H and O–H groups in total. The fourth-order valence-electron chi connectivity index (χ4n) is 1.40. The molecule has 12 heavy (non-hydrogen) atoms. The van der Waals surface area contributed by atoms with Crippen LogP contribution in [-0.4, -0.2) is 34.1 Å². The lowest BCUT2D eigenvalue weighted by molar-refractivity contribution is -0.121. The summed E-state index contributed by atoms with van der Waals surface area (Å²) in [7, 11) is 0. The summed E-state index contributed by atoms with van der Waals surface area (Å²) in [5.74, 6) is 0.343. The summed E-state index contributed by atoms with van der Waals surface area (Å²) in [6, 6.07) is 0. The molecule has 0 spiro atoms. The fraction of sp³-hybridized carbons (Fsp3) is 0.889. The van der Waals surface area contributed by atoms with E-state index in [2.05, 4.69) is 41.6 Å². The molecule has 0 aliphatic carbocycles. The molecule has 0 radical (unpaired) electrons. The predicted octanol–water partition coefficient (Wildman–Crippen LogP) is 1.82. The zero-order valence-electron chi connectivity index (χ0n) is 7.93. The first-order valence-electron chi connectivity index (χ1n) is 4.33. The van der Waals surface area contributed by atoms with Gasteiger partial charge in [-0.2, -0.15) is 0 Å². The lowest BCUT2D eigenvalue weighted by atomic mass is 10.0. The van der Waals surface area contributed by atoms with Gasteiger partial charge in [0, 0.05) is 25.0 Å². The number of hydrogen-bond acceptors (Lipinski definition) is 2. The van der Waals surface area contributed by atoms with E-state index in [0.29, 0.717) is 12.2 Å². The maximum Gasteiger partial charge on any atom is 0.149 e. The van der Waals surface area contributed by atoms with Crippen LogP contribution in [0.25, 0.3) is 0 Å². The van der Waals surface area contributed by atoms with Crippen molar-refractivity contribution in [3.8, 4) is 0 Å². The fourth-order valence-corrected chi connectivity index (χ4v) is 1.98. The third kappa shape index (κ3) is 2.30. The third-order valence-electron chi connectivity index (χ3n) is 2.31. The van der Waals surface area contributed by atoms with E-state index >= 15 is 0 Å². The van der Waals surface area contributed by atoms with Crippen molar-refractivity contribution < 1.29 is 4.79 Å². The van der Waals surface area contributed by atoms with Crippen LogP contribution in [0, 0.1) is 0 Å². The maximum absolute atomic E-state index is 11.2. The van der Waals surface area contributed by atoms with Crippen LogP contribution in [0.5, 0.6) is 0 Å². The standard InChI is InChI=1S/C9H16BrNO/c1-9(2,3)11-5-4-8(12)7(10)6-11/h7H,4-6H2,1-3H3. The number of nitrogens with zero attached hydrogens (tertiary/aromatic N) is 1. The van der Waals surface area contributed by atoms with E-state index in [1.165, 1.54) is 0 Å². The van der Waals surface area contributed by atoms with Crippen LogP contribution >= 0.6 is 15.9 Å². The monoisotopic (exact) mass is 233 g/mol. The largest absolute Gasteiger partial charge is 0.298 e. The molecular weight excluding hydrogens is 218 g/mol. The lowest BCUT2D eigenvalue weighted by Crippen LogP contribution is -2.50. The quantitative estimate of drug-likeness (QED) is 0.596. The van der Waals surface area contributed by atoms with E-state index in [1.807, 2.05) is 0 Å². The summed E-state index contributed by atoms with van der Waals surface area (Å²) in [5.41, 5.74) is 0.187. The molecule has 1 saturated heterocycles. The number of rotatable bonds is 0. The maximum atomic E-state index is 11.2. The Bertz CT molecular complexity index is 185. The summed E-state index contributed by atoms with van der Waals surface area (Å²) >= 11 is 3.40. The van der Waals surface area contributed by atoms with E-state index in [0.717, 1.165) is 13.1 Å². The van der Waals surface area contributed by atoms with E-state index in [4.69, 9.17) is 0 Å². The molecular formula is C9H16BrNO. The third-order valence-corrected chi connectivity index (χ3v) is 3.11.